The van der Waals surface area contributed by atoms with Gasteiger partial charge in [0.15, 0.2) is 0 Å². The van der Waals surface area contributed by atoms with Gasteiger partial charge in [-0.1, -0.05) is 11.6 Å². The van der Waals surface area contributed by atoms with Gasteiger partial charge in [0, 0.05) is 55.9 Å². The Hall–Kier alpha value is -2.64. The number of hydrogen-bond acceptors (Lipinski definition) is 4. The maximum Gasteiger partial charge on any atom is 0.256 e. The van der Waals surface area contributed by atoms with Crippen molar-refractivity contribution in [1.29, 1.82) is 0 Å². The van der Waals surface area contributed by atoms with Crippen LogP contribution in [-0.2, 0) is 11.3 Å². The number of rotatable bonds is 5. The van der Waals surface area contributed by atoms with Gasteiger partial charge in [0.05, 0.1) is 12.7 Å². The minimum Gasteiger partial charge on any atom is -0.496 e. The highest BCUT2D eigenvalue weighted by atomic mass is 35.5. The number of benzene rings is 2. The van der Waals surface area contributed by atoms with Crippen LogP contribution in [0.5, 0.6) is 5.75 Å². The number of carbonyl (C=O) groups is 2. The zero-order chi connectivity index (χ0) is 21.0. The van der Waals surface area contributed by atoms with Crippen LogP contribution in [0.2, 0.25) is 5.02 Å². The number of methoxy groups -OCH3 is 1. The lowest BCUT2D eigenvalue weighted by molar-refractivity contribution is -0.114. The van der Waals surface area contributed by atoms with Gasteiger partial charge in [-0.15, -0.1) is 0 Å². The molecule has 1 fully saturated rings. The van der Waals surface area contributed by atoms with Crippen molar-refractivity contribution in [2.24, 2.45) is 0 Å². The molecule has 1 aliphatic rings. The van der Waals surface area contributed by atoms with Crippen molar-refractivity contribution in [3.05, 3.63) is 58.4 Å². The summed E-state index contributed by atoms with van der Waals surface area (Å²) in [6.45, 7) is 4.26. The predicted octanol–water partition coefficient (Wildman–Crippen LogP) is 3.40. The van der Waals surface area contributed by atoms with Crippen molar-refractivity contribution in [2.75, 3.05) is 38.6 Å². The highest BCUT2D eigenvalue weighted by Crippen LogP contribution is 2.25. The van der Waals surface area contributed by atoms with Crippen molar-refractivity contribution in [3.8, 4) is 5.75 Å². The molecule has 0 bridgehead atoms. The largest absolute Gasteiger partial charge is 0.496 e. The van der Waals surface area contributed by atoms with Crippen LogP contribution < -0.4 is 10.1 Å². The first-order valence-electron chi connectivity index (χ1n) is 9.28. The summed E-state index contributed by atoms with van der Waals surface area (Å²) in [5, 5.41) is 3.22. The first kappa shape index (κ1) is 21.1. The molecular weight excluding hydrogens is 397 g/mol. The molecule has 6 nitrogen and oxygen atoms in total. The molecule has 2 amide bonds. The van der Waals surface area contributed by atoms with E-state index in [1.807, 2.05) is 12.1 Å². The molecule has 0 aromatic heterocycles. The average Bonchev–Trinajstić information content (AvgIpc) is 2.69. The number of amides is 2. The first-order valence-corrected chi connectivity index (χ1v) is 9.66. The molecule has 1 N–H and O–H groups in total. The summed E-state index contributed by atoms with van der Waals surface area (Å²) in [5.74, 6) is -0.491. The predicted molar refractivity (Wildman–Crippen MR) is 110 cm³/mol. The van der Waals surface area contributed by atoms with E-state index in [0.29, 0.717) is 43.4 Å². The molecule has 1 saturated heterocycles. The van der Waals surface area contributed by atoms with Gasteiger partial charge in [0.1, 0.15) is 11.6 Å². The second-order valence-electron chi connectivity index (χ2n) is 6.90. The van der Waals surface area contributed by atoms with Gasteiger partial charge in [-0.3, -0.25) is 14.5 Å². The van der Waals surface area contributed by atoms with Crippen molar-refractivity contribution in [1.82, 2.24) is 9.80 Å². The molecule has 0 saturated carbocycles. The second-order valence-corrected chi connectivity index (χ2v) is 7.34. The third kappa shape index (κ3) is 5.25. The molecule has 29 heavy (non-hydrogen) atoms. The number of halogens is 2. The number of piperazine rings is 1. The minimum atomic E-state index is -0.602. The maximum absolute atomic E-state index is 14.2. The maximum atomic E-state index is 14.2. The Morgan fingerprint density at radius 3 is 2.52 bits per heavy atom. The summed E-state index contributed by atoms with van der Waals surface area (Å²) in [6, 6.07) is 9.50. The summed E-state index contributed by atoms with van der Waals surface area (Å²) in [5.41, 5.74) is 1.34. The SMILES string of the molecule is COc1ccc(Cl)cc1CN1CCN(C(=O)c2cc(NC(C)=O)ccc2F)CC1. The third-order valence-electron chi connectivity index (χ3n) is 4.81. The molecule has 0 atom stereocenters. The Morgan fingerprint density at radius 1 is 1.14 bits per heavy atom. The number of anilines is 1. The van der Waals surface area contributed by atoms with Crippen molar-refractivity contribution in [3.63, 3.8) is 0 Å². The van der Waals surface area contributed by atoms with Crippen LogP contribution in [0, 0.1) is 5.82 Å². The normalized spacial score (nSPS) is 14.6. The number of carbonyl (C=O) groups excluding carboxylic acids is 2. The fourth-order valence-electron chi connectivity index (χ4n) is 3.36. The summed E-state index contributed by atoms with van der Waals surface area (Å²) < 4.78 is 19.6. The standard InChI is InChI=1S/C21H23ClFN3O3/c1-14(27)24-17-4-5-19(23)18(12-17)21(28)26-9-7-25(8-10-26)13-15-11-16(22)3-6-20(15)29-2/h3-6,11-12H,7-10,13H2,1-2H3,(H,24,27). The molecule has 0 unspecified atom stereocenters. The van der Waals surface area contributed by atoms with E-state index in [2.05, 4.69) is 10.2 Å². The summed E-state index contributed by atoms with van der Waals surface area (Å²) in [6.07, 6.45) is 0. The summed E-state index contributed by atoms with van der Waals surface area (Å²) in [7, 11) is 1.62. The Labute approximate surface area is 174 Å². The molecule has 0 radical (unpaired) electrons. The van der Waals surface area contributed by atoms with E-state index in [-0.39, 0.29) is 17.4 Å². The Balaban J connectivity index is 1.64. The van der Waals surface area contributed by atoms with Crippen molar-refractivity contribution < 1.29 is 18.7 Å². The van der Waals surface area contributed by atoms with Gasteiger partial charge in [0.25, 0.3) is 5.91 Å². The zero-order valence-corrected chi connectivity index (χ0v) is 17.1. The number of nitrogens with zero attached hydrogens (tertiary/aromatic N) is 2. The van der Waals surface area contributed by atoms with Crippen LogP contribution in [0.25, 0.3) is 0 Å². The molecule has 2 aromatic rings. The fourth-order valence-corrected chi connectivity index (χ4v) is 3.56. The zero-order valence-electron chi connectivity index (χ0n) is 16.4. The number of hydrogen-bond donors (Lipinski definition) is 1. The quantitative estimate of drug-likeness (QED) is 0.806. The molecule has 3 rings (SSSR count). The van der Waals surface area contributed by atoms with Gasteiger partial charge >= 0.3 is 0 Å². The van der Waals surface area contributed by atoms with E-state index >= 15 is 0 Å². The van der Waals surface area contributed by atoms with Gasteiger partial charge in [0.2, 0.25) is 5.91 Å². The monoisotopic (exact) mass is 419 g/mol. The van der Waals surface area contributed by atoms with Crippen LogP contribution in [0.1, 0.15) is 22.8 Å². The average molecular weight is 420 g/mol. The van der Waals surface area contributed by atoms with Crippen molar-refractivity contribution in [2.45, 2.75) is 13.5 Å². The van der Waals surface area contributed by atoms with Crippen LogP contribution in [-0.4, -0.2) is 54.9 Å². The molecule has 1 aliphatic heterocycles. The molecule has 154 valence electrons. The minimum absolute atomic E-state index is 0.0405. The lowest BCUT2D eigenvalue weighted by Crippen LogP contribution is -2.48. The van der Waals surface area contributed by atoms with E-state index in [1.165, 1.54) is 25.1 Å². The molecular formula is C21H23ClFN3O3. The number of ether oxygens (including phenoxy) is 1. The van der Waals surface area contributed by atoms with Gasteiger partial charge in [-0.25, -0.2) is 4.39 Å². The Bertz CT molecular complexity index is 914. The topological polar surface area (TPSA) is 61.9 Å². The van der Waals surface area contributed by atoms with Crippen LogP contribution >= 0.6 is 11.6 Å². The second kappa shape index (κ2) is 9.24. The lowest BCUT2D eigenvalue weighted by atomic mass is 10.1. The van der Waals surface area contributed by atoms with E-state index in [4.69, 9.17) is 16.3 Å². The van der Waals surface area contributed by atoms with Gasteiger partial charge < -0.3 is 15.0 Å². The highest BCUT2D eigenvalue weighted by molar-refractivity contribution is 6.30. The van der Waals surface area contributed by atoms with E-state index in [9.17, 15) is 14.0 Å². The van der Waals surface area contributed by atoms with E-state index in [0.717, 1.165) is 11.3 Å². The lowest BCUT2D eigenvalue weighted by Gasteiger charge is -2.35. The summed E-state index contributed by atoms with van der Waals surface area (Å²) >= 11 is 6.09. The highest BCUT2D eigenvalue weighted by Gasteiger charge is 2.25. The van der Waals surface area contributed by atoms with Gasteiger partial charge in [-0.05, 0) is 36.4 Å². The van der Waals surface area contributed by atoms with Crippen LogP contribution in [0.3, 0.4) is 0 Å². The molecule has 0 spiro atoms. The molecule has 8 heteroatoms. The van der Waals surface area contributed by atoms with Crippen LogP contribution in [0.15, 0.2) is 36.4 Å². The fraction of sp³-hybridized carbons (Fsp3) is 0.333. The molecule has 0 aliphatic carbocycles. The van der Waals surface area contributed by atoms with E-state index in [1.54, 1.807) is 18.1 Å². The number of nitrogens with one attached hydrogen (secondary N) is 1. The molecule has 1 heterocycles. The molecule has 2 aromatic carbocycles. The Morgan fingerprint density at radius 2 is 1.86 bits per heavy atom. The third-order valence-corrected chi connectivity index (χ3v) is 5.05. The van der Waals surface area contributed by atoms with Gasteiger partial charge in [-0.2, -0.15) is 0 Å². The van der Waals surface area contributed by atoms with Crippen molar-refractivity contribution >= 4 is 29.1 Å². The smallest absolute Gasteiger partial charge is 0.256 e. The summed E-state index contributed by atoms with van der Waals surface area (Å²) in [4.78, 5) is 27.8. The van der Waals surface area contributed by atoms with Crippen LogP contribution in [0.4, 0.5) is 10.1 Å². The Kier molecular flexibility index (Phi) is 6.71. The van der Waals surface area contributed by atoms with E-state index < -0.39 is 5.82 Å². The first-order chi connectivity index (χ1) is 13.9.